The normalized spacial score (nSPS) is 10.5. The molecule has 3 nitrogen and oxygen atoms in total. The fraction of sp³-hybridized carbons (Fsp3) is 0.400. The van der Waals surface area contributed by atoms with Gasteiger partial charge < -0.3 is 9.47 Å². The Labute approximate surface area is 115 Å². The molecule has 1 aromatic carbocycles. The van der Waals surface area contributed by atoms with Crippen molar-refractivity contribution in [1.82, 2.24) is 0 Å². The minimum absolute atomic E-state index is 0.163. The zero-order valence-corrected chi connectivity index (χ0v) is 12.9. The molecule has 0 fully saturated rings. The molecule has 0 aliphatic carbocycles. The lowest BCUT2D eigenvalue weighted by Crippen LogP contribution is -2.16. The molecule has 0 saturated heterocycles. The molecule has 1 rings (SSSR count). The van der Waals surface area contributed by atoms with Crippen LogP contribution in [0, 0.1) is 11.5 Å². The van der Waals surface area contributed by atoms with Crippen LogP contribution in [-0.4, -0.2) is 28.3 Å². The smallest absolute Gasteiger partial charge is 0.188 e. The van der Waals surface area contributed by atoms with E-state index >= 15 is 0 Å². The van der Waals surface area contributed by atoms with Crippen molar-refractivity contribution < 1.29 is 14.3 Å². The molecule has 19 heavy (non-hydrogen) atoms. The third kappa shape index (κ3) is 5.29. The van der Waals surface area contributed by atoms with Crippen LogP contribution >= 0.6 is 0 Å². The average molecular weight is 276 g/mol. The molecule has 0 heterocycles. The number of aldehydes is 1. The Morgan fingerprint density at radius 3 is 2.63 bits per heavy atom. The van der Waals surface area contributed by atoms with Crippen LogP contribution in [-0.2, 0) is 11.2 Å². The van der Waals surface area contributed by atoms with Crippen LogP contribution in [0.3, 0.4) is 0 Å². The largest absolute Gasteiger partial charge is 0.467 e. The quantitative estimate of drug-likeness (QED) is 0.359. The van der Waals surface area contributed by atoms with E-state index in [1.807, 2.05) is 6.07 Å². The molecule has 0 N–H and O–H groups in total. The van der Waals surface area contributed by atoms with Gasteiger partial charge >= 0.3 is 0 Å². The average Bonchev–Trinajstić information content (AvgIpc) is 2.35. The van der Waals surface area contributed by atoms with Gasteiger partial charge in [0, 0.05) is 24.7 Å². The number of hydrogen-bond acceptors (Lipinski definition) is 3. The fourth-order valence-electron chi connectivity index (χ4n) is 1.54. The van der Waals surface area contributed by atoms with E-state index in [1.54, 1.807) is 19.2 Å². The summed E-state index contributed by atoms with van der Waals surface area (Å²) in [5.74, 6) is 3.83. The van der Waals surface area contributed by atoms with Crippen LogP contribution < -0.4 is 4.74 Å². The van der Waals surface area contributed by atoms with Crippen LogP contribution in [0.15, 0.2) is 18.2 Å². The molecule has 0 aliphatic rings. The van der Waals surface area contributed by atoms with Gasteiger partial charge in [0.05, 0.1) is 0 Å². The summed E-state index contributed by atoms with van der Waals surface area (Å²) in [5.41, 5.74) is 4.75. The number of carbonyl (C=O) groups is 1. The first-order valence-electron chi connectivity index (χ1n) is 6.17. The highest BCUT2D eigenvalue weighted by Crippen LogP contribution is 2.22. The van der Waals surface area contributed by atoms with E-state index < -0.39 is 8.07 Å². The lowest BCUT2D eigenvalue weighted by atomic mass is 10.0. The van der Waals surface area contributed by atoms with Gasteiger partial charge in [-0.3, -0.25) is 4.79 Å². The van der Waals surface area contributed by atoms with Crippen molar-refractivity contribution in [3.8, 4) is 17.2 Å². The van der Waals surface area contributed by atoms with Gasteiger partial charge in [0.2, 0.25) is 0 Å². The molecule has 0 spiro atoms. The predicted molar refractivity (Wildman–Crippen MR) is 79.2 cm³/mol. The summed E-state index contributed by atoms with van der Waals surface area (Å²) < 4.78 is 10.4. The van der Waals surface area contributed by atoms with Crippen molar-refractivity contribution in [3.63, 3.8) is 0 Å². The monoisotopic (exact) mass is 276 g/mol. The molecule has 0 unspecified atom stereocenters. The van der Waals surface area contributed by atoms with E-state index in [4.69, 9.17) is 9.47 Å². The lowest BCUT2D eigenvalue weighted by molar-refractivity contribution is 0.0504. The van der Waals surface area contributed by atoms with E-state index in [1.165, 1.54) is 0 Å². The Morgan fingerprint density at radius 2 is 2.05 bits per heavy atom. The third-order valence-corrected chi connectivity index (χ3v) is 3.28. The maximum atomic E-state index is 11.1. The van der Waals surface area contributed by atoms with Crippen LogP contribution in [0.2, 0.25) is 19.6 Å². The molecule has 0 saturated carbocycles. The Kier molecular flexibility index (Phi) is 5.81. The zero-order chi connectivity index (χ0) is 14.3. The first kappa shape index (κ1) is 15.5. The van der Waals surface area contributed by atoms with Crippen LogP contribution in [0.4, 0.5) is 0 Å². The van der Waals surface area contributed by atoms with Crippen molar-refractivity contribution in [2.75, 3.05) is 13.9 Å². The number of methoxy groups -OCH3 is 1. The molecule has 0 aliphatic heterocycles. The fourth-order valence-corrected chi connectivity index (χ4v) is 2.16. The number of rotatable bonds is 5. The van der Waals surface area contributed by atoms with E-state index in [-0.39, 0.29) is 6.79 Å². The van der Waals surface area contributed by atoms with Gasteiger partial charge in [-0.1, -0.05) is 31.8 Å². The Bertz CT molecular complexity index is 492. The first-order valence-corrected chi connectivity index (χ1v) is 9.67. The summed E-state index contributed by atoms with van der Waals surface area (Å²) >= 11 is 0. The summed E-state index contributed by atoms with van der Waals surface area (Å²) in [4.78, 5) is 11.1. The third-order valence-electron chi connectivity index (χ3n) is 2.36. The maximum absolute atomic E-state index is 11.1. The van der Waals surface area contributed by atoms with Crippen molar-refractivity contribution in [1.29, 1.82) is 0 Å². The van der Waals surface area contributed by atoms with Gasteiger partial charge in [-0.25, -0.2) is 0 Å². The molecule has 0 bridgehead atoms. The predicted octanol–water partition coefficient (Wildman–Crippen LogP) is 2.91. The van der Waals surface area contributed by atoms with Crippen molar-refractivity contribution in [2.24, 2.45) is 0 Å². The van der Waals surface area contributed by atoms with Crippen LogP contribution in [0.25, 0.3) is 0 Å². The van der Waals surface area contributed by atoms with Crippen molar-refractivity contribution in [2.45, 2.75) is 26.1 Å². The van der Waals surface area contributed by atoms with Gasteiger partial charge in [-0.15, -0.1) is 11.5 Å². The minimum Gasteiger partial charge on any atom is -0.467 e. The summed E-state index contributed by atoms with van der Waals surface area (Å²) in [5, 5.41) is 0. The SMILES string of the molecule is COCOc1cccc(C=O)c1CC#C[Si](C)(C)C. The lowest BCUT2D eigenvalue weighted by Gasteiger charge is -2.11. The second-order valence-corrected chi connectivity index (χ2v) is 9.97. The first-order chi connectivity index (χ1) is 8.98. The van der Waals surface area contributed by atoms with Crippen LogP contribution in [0.1, 0.15) is 15.9 Å². The van der Waals surface area contributed by atoms with Crippen molar-refractivity contribution >= 4 is 14.4 Å². The summed E-state index contributed by atoms with van der Waals surface area (Å²) in [6, 6.07) is 5.40. The highest BCUT2D eigenvalue weighted by atomic mass is 28.3. The molecule has 0 aromatic heterocycles. The van der Waals surface area contributed by atoms with Gasteiger partial charge in [0.1, 0.15) is 20.1 Å². The number of hydrogen-bond donors (Lipinski definition) is 0. The van der Waals surface area contributed by atoms with Gasteiger partial charge in [-0.05, 0) is 6.07 Å². The minimum atomic E-state index is -1.40. The van der Waals surface area contributed by atoms with Crippen molar-refractivity contribution in [3.05, 3.63) is 29.3 Å². The second kappa shape index (κ2) is 7.12. The van der Waals surface area contributed by atoms with Crippen LogP contribution in [0.5, 0.6) is 5.75 Å². The summed E-state index contributed by atoms with van der Waals surface area (Å²) in [7, 11) is 0.167. The molecular formula is C15H20O3Si. The highest BCUT2D eigenvalue weighted by Gasteiger charge is 2.10. The van der Waals surface area contributed by atoms with E-state index in [0.717, 1.165) is 11.8 Å². The number of benzene rings is 1. The Balaban J connectivity index is 3.00. The topological polar surface area (TPSA) is 35.5 Å². The molecule has 1 aromatic rings. The van der Waals surface area contributed by atoms with E-state index in [2.05, 4.69) is 31.1 Å². The summed E-state index contributed by atoms with van der Waals surface area (Å²) in [6.45, 7) is 6.73. The Hall–Kier alpha value is -1.57. The number of ether oxygens (including phenoxy) is 2. The second-order valence-electron chi connectivity index (χ2n) is 5.22. The van der Waals surface area contributed by atoms with Gasteiger partial charge in [-0.2, -0.15) is 0 Å². The Morgan fingerprint density at radius 1 is 1.32 bits per heavy atom. The highest BCUT2D eigenvalue weighted by molar-refractivity contribution is 6.83. The number of carbonyl (C=O) groups excluding carboxylic acids is 1. The molecule has 0 amide bonds. The molecule has 102 valence electrons. The van der Waals surface area contributed by atoms with E-state index in [9.17, 15) is 4.79 Å². The molecular weight excluding hydrogens is 256 g/mol. The van der Waals surface area contributed by atoms with Gasteiger partial charge in [0.15, 0.2) is 6.79 Å². The molecule has 0 radical (unpaired) electrons. The molecule has 4 heteroatoms. The zero-order valence-electron chi connectivity index (χ0n) is 11.9. The summed E-state index contributed by atoms with van der Waals surface area (Å²) in [6.07, 6.45) is 1.36. The van der Waals surface area contributed by atoms with E-state index in [0.29, 0.717) is 17.7 Å². The molecule has 0 atom stereocenters. The maximum Gasteiger partial charge on any atom is 0.188 e. The van der Waals surface area contributed by atoms with Gasteiger partial charge in [0.25, 0.3) is 0 Å². The standard InChI is InChI=1S/C15H20O3Si/c1-17-12-18-15-9-5-7-13(11-16)14(15)8-6-10-19(2,3)4/h5,7,9,11H,8,12H2,1-4H3.